The van der Waals surface area contributed by atoms with Crippen molar-refractivity contribution in [1.29, 1.82) is 0 Å². The zero-order valence-electron chi connectivity index (χ0n) is 8.35. The Hall–Kier alpha value is -1.43. The van der Waals surface area contributed by atoms with Crippen molar-refractivity contribution >= 4 is 33.6 Å². The van der Waals surface area contributed by atoms with Gasteiger partial charge in [0.05, 0.1) is 16.2 Å². The Morgan fingerprint density at radius 3 is 2.56 bits per heavy atom. The molecule has 0 unspecified atom stereocenters. The molecule has 6 heteroatoms. The third kappa shape index (κ3) is 1.80. The fourth-order valence-corrected chi connectivity index (χ4v) is 2.23. The summed E-state index contributed by atoms with van der Waals surface area (Å²) in [5.41, 5.74) is 0.741. The molecule has 1 aliphatic heterocycles. The van der Waals surface area contributed by atoms with Crippen LogP contribution in [0.2, 0.25) is 0 Å². The molecule has 84 valence electrons. The molecule has 0 bridgehead atoms. The van der Waals surface area contributed by atoms with Crippen molar-refractivity contribution in [3.8, 4) is 0 Å². The number of benzene rings is 1. The molecule has 16 heavy (non-hydrogen) atoms. The Morgan fingerprint density at radius 2 is 2.12 bits per heavy atom. The van der Waals surface area contributed by atoms with Crippen molar-refractivity contribution in [2.24, 2.45) is 0 Å². The number of halogens is 1. The number of rotatable bonds is 3. The number of hydrogen-bond donors (Lipinski definition) is 0. The third-order valence-electron chi connectivity index (χ3n) is 2.62. The number of carbonyl (C=O) groups is 1. The maximum Gasteiger partial charge on any atom is 0.282 e. The maximum atomic E-state index is 10.8. The van der Waals surface area contributed by atoms with Crippen molar-refractivity contribution in [2.45, 2.75) is 6.42 Å². The fourth-order valence-electron chi connectivity index (χ4n) is 1.62. The Kier molecular flexibility index (Phi) is 2.91. The Balaban J connectivity index is 2.50. The molecule has 0 saturated carbocycles. The summed E-state index contributed by atoms with van der Waals surface area (Å²) in [5, 5.41) is 10.8. The fraction of sp³-hybridized carbons (Fsp3) is 0.300. The molecule has 1 aromatic carbocycles. The summed E-state index contributed by atoms with van der Waals surface area (Å²) < 4.78 is 0.722. The van der Waals surface area contributed by atoms with E-state index in [-0.39, 0.29) is 11.3 Å². The Bertz CT molecular complexity index is 458. The van der Waals surface area contributed by atoms with Gasteiger partial charge in [0.2, 0.25) is 0 Å². The zero-order valence-corrected chi connectivity index (χ0v) is 9.94. The van der Waals surface area contributed by atoms with Gasteiger partial charge < -0.3 is 4.90 Å². The third-order valence-corrected chi connectivity index (χ3v) is 3.25. The van der Waals surface area contributed by atoms with Crippen LogP contribution < -0.4 is 4.90 Å². The van der Waals surface area contributed by atoms with Crippen LogP contribution in [0.25, 0.3) is 0 Å². The van der Waals surface area contributed by atoms with E-state index >= 15 is 0 Å². The van der Waals surface area contributed by atoms with E-state index in [1.165, 1.54) is 12.1 Å². The van der Waals surface area contributed by atoms with Gasteiger partial charge in [-0.05, 0) is 28.4 Å². The maximum absolute atomic E-state index is 10.8. The number of nitro benzene ring substituents is 1. The summed E-state index contributed by atoms with van der Waals surface area (Å²) in [7, 11) is 0. The van der Waals surface area contributed by atoms with Crippen LogP contribution in [0, 0.1) is 10.1 Å². The van der Waals surface area contributed by atoms with Crippen LogP contribution >= 0.6 is 15.9 Å². The van der Waals surface area contributed by atoms with Gasteiger partial charge in [-0.1, -0.05) is 0 Å². The molecule has 0 amide bonds. The van der Waals surface area contributed by atoms with Crippen LogP contribution in [-0.2, 0) is 0 Å². The lowest BCUT2D eigenvalue weighted by atomic mass is 10.1. The molecule has 0 spiro atoms. The van der Waals surface area contributed by atoms with Gasteiger partial charge >= 0.3 is 0 Å². The van der Waals surface area contributed by atoms with E-state index in [2.05, 4.69) is 15.9 Å². The predicted octanol–water partition coefficient (Wildman–Crippen LogP) is 2.38. The highest BCUT2D eigenvalue weighted by molar-refractivity contribution is 9.10. The number of carbonyl (C=O) groups excluding carboxylic acids is 1. The van der Waals surface area contributed by atoms with Crippen LogP contribution in [0.1, 0.15) is 16.8 Å². The molecule has 1 saturated heterocycles. The molecule has 1 heterocycles. The molecule has 1 aliphatic rings. The number of nitrogens with zero attached hydrogens (tertiary/aromatic N) is 2. The summed E-state index contributed by atoms with van der Waals surface area (Å²) in [4.78, 5) is 23.0. The average Bonchev–Trinajstić information content (AvgIpc) is 2.17. The van der Waals surface area contributed by atoms with Gasteiger partial charge in [0, 0.05) is 23.6 Å². The Morgan fingerprint density at radius 1 is 1.44 bits per heavy atom. The lowest BCUT2D eigenvalue weighted by molar-refractivity contribution is -0.385. The first-order valence-corrected chi connectivity index (χ1v) is 5.61. The lowest BCUT2D eigenvalue weighted by Gasteiger charge is -2.33. The van der Waals surface area contributed by atoms with E-state index in [4.69, 9.17) is 0 Å². The van der Waals surface area contributed by atoms with Crippen LogP contribution in [0.15, 0.2) is 16.6 Å². The molecular weight excluding hydrogens is 276 g/mol. The minimum absolute atomic E-state index is 0.0983. The average molecular weight is 285 g/mol. The van der Waals surface area contributed by atoms with E-state index < -0.39 is 4.92 Å². The van der Waals surface area contributed by atoms with Gasteiger partial charge in [0.15, 0.2) is 6.29 Å². The molecule has 0 N–H and O–H groups in total. The summed E-state index contributed by atoms with van der Waals surface area (Å²) in [6, 6.07) is 2.95. The quantitative estimate of drug-likeness (QED) is 0.486. The molecule has 1 aromatic rings. The Labute approximate surface area is 100 Å². The van der Waals surface area contributed by atoms with Crippen molar-refractivity contribution in [3.05, 3.63) is 32.3 Å². The van der Waals surface area contributed by atoms with E-state index in [0.717, 1.165) is 29.7 Å². The number of anilines is 1. The van der Waals surface area contributed by atoms with Gasteiger partial charge in [0.25, 0.3) is 5.69 Å². The van der Waals surface area contributed by atoms with Crippen molar-refractivity contribution in [3.63, 3.8) is 0 Å². The van der Waals surface area contributed by atoms with Crippen LogP contribution in [0.3, 0.4) is 0 Å². The molecule has 0 radical (unpaired) electrons. The second-order valence-corrected chi connectivity index (χ2v) is 4.43. The first-order chi connectivity index (χ1) is 7.63. The summed E-state index contributed by atoms with van der Waals surface area (Å²) in [6.07, 6.45) is 1.60. The second kappa shape index (κ2) is 4.21. The first kappa shape index (κ1) is 11.1. The van der Waals surface area contributed by atoms with E-state index in [0.29, 0.717) is 6.29 Å². The van der Waals surface area contributed by atoms with E-state index in [9.17, 15) is 14.9 Å². The number of hydrogen-bond acceptors (Lipinski definition) is 4. The molecule has 2 rings (SSSR count). The minimum Gasteiger partial charge on any atom is -0.370 e. The topological polar surface area (TPSA) is 63.5 Å². The minimum atomic E-state index is -0.528. The number of aldehydes is 1. The van der Waals surface area contributed by atoms with Gasteiger partial charge in [-0.25, -0.2) is 0 Å². The smallest absolute Gasteiger partial charge is 0.282 e. The van der Waals surface area contributed by atoms with E-state index in [1.54, 1.807) is 0 Å². The highest BCUT2D eigenvalue weighted by Crippen LogP contribution is 2.34. The van der Waals surface area contributed by atoms with Crippen LogP contribution in [-0.4, -0.2) is 24.3 Å². The van der Waals surface area contributed by atoms with Crippen molar-refractivity contribution in [2.75, 3.05) is 18.0 Å². The second-order valence-electron chi connectivity index (χ2n) is 3.58. The summed E-state index contributed by atoms with van der Waals surface area (Å²) in [5.74, 6) is 0. The molecule has 5 nitrogen and oxygen atoms in total. The highest BCUT2D eigenvalue weighted by atomic mass is 79.9. The highest BCUT2D eigenvalue weighted by Gasteiger charge is 2.22. The SMILES string of the molecule is O=Cc1cc(Br)c(N2CCC2)cc1[N+](=O)[O-]. The standard InChI is InChI=1S/C10H9BrN2O3/c11-8-4-7(6-14)9(13(15)16)5-10(8)12-2-1-3-12/h4-6H,1-3H2. The first-order valence-electron chi connectivity index (χ1n) is 4.81. The van der Waals surface area contributed by atoms with E-state index in [1.807, 2.05) is 4.90 Å². The van der Waals surface area contributed by atoms with Crippen LogP contribution in [0.4, 0.5) is 11.4 Å². The molecule has 0 aliphatic carbocycles. The molecule has 0 atom stereocenters. The largest absolute Gasteiger partial charge is 0.370 e. The van der Waals surface area contributed by atoms with Gasteiger partial charge in [-0.15, -0.1) is 0 Å². The monoisotopic (exact) mass is 284 g/mol. The lowest BCUT2D eigenvalue weighted by Crippen LogP contribution is -2.37. The van der Waals surface area contributed by atoms with Crippen LogP contribution in [0.5, 0.6) is 0 Å². The van der Waals surface area contributed by atoms with Crippen molar-refractivity contribution < 1.29 is 9.72 Å². The number of nitro groups is 1. The molecular formula is C10H9BrN2O3. The molecule has 1 fully saturated rings. The normalized spacial score (nSPS) is 14.4. The van der Waals surface area contributed by atoms with Gasteiger partial charge in [0.1, 0.15) is 0 Å². The summed E-state index contributed by atoms with van der Waals surface area (Å²) >= 11 is 3.32. The van der Waals surface area contributed by atoms with Gasteiger partial charge in [-0.3, -0.25) is 14.9 Å². The van der Waals surface area contributed by atoms with Crippen molar-refractivity contribution in [1.82, 2.24) is 0 Å². The zero-order chi connectivity index (χ0) is 11.7. The van der Waals surface area contributed by atoms with Gasteiger partial charge in [-0.2, -0.15) is 0 Å². The predicted molar refractivity (Wildman–Crippen MR) is 63.0 cm³/mol. The molecule has 0 aromatic heterocycles. The summed E-state index contributed by atoms with van der Waals surface area (Å²) in [6.45, 7) is 1.80.